The van der Waals surface area contributed by atoms with Crippen LogP contribution in [0.2, 0.25) is 0 Å². The Hall–Kier alpha value is -2.85. The van der Waals surface area contributed by atoms with Gasteiger partial charge in [0.05, 0.1) is 17.4 Å². The van der Waals surface area contributed by atoms with Crippen molar-refractivity contribution in [1.82, 2.24) is 15.1 Å². The highest BCUT2D eigenvalue weighted by atomic mass is 32.2. The number of sulfone groups is 1. The summed E-state index contributed by atoms with van der Waals surface area (Å²) in [5.74, 6) is -1.01. The molecular formula is C21H26F6N6O3S. The SMILES string of the molecule is NC[C@H]1C[C@@H](NCCC(F)(F)F)CC[C@@H]1n1cc(C(N)=O)c(Nc2ccc(S(=O)(=O)C(F)(F)F)cc2)n1. The number of amides is 1. The maximum Gasteiger partial charge on any atom is 0.501 e. The summed E-state index contributed by atoms with van der Waals surface area (Å²) in [6.45, 7) is 0.00658. The van der Waals surface area contributed by atoms with Gasteiger partial charge >= 0.3 is 11.7 Å². The number of nitrogens with zero attached hydrogens (tertiary/aromatic N) is 2. The van der Waals surface area contributed by atoms with E-state index in [4.69, 9.17) is 11.5 Å². The van der Waals surface area contributed by atoms with Crippen molar-refractivity contribution in [2.24, 2.45) is 17.4 Å². The molecule has 0 saturated heterocycles. The molecule has 6 N–H and O–H groups in total. The first-order valence-electron chi connectivity index (χ1n) is 11.2. The van der Waals surface area contributed by atoms with Crippen molar-refractivity contribution in [3.8, 4) is 0 Å². The molecule has 206 valence electrons. The predicted molar refractivity (Wildman–Crippen MR) is 122 cm³/mol. The van der Waals surface area contributed by atoms with Crippen LogP contribution in [0.4, 0.5) is 37.8 Å². The quantitative estimate of drug-likeness (QED) is 0.347. The first-order valence-corrected chi connectivity index (χ1v) is 12.7. The lowest BCUT2D eigenvalue weighted by Gasteiger charge is -2.36. The molecule has 1 fully saturated rings. The zero-order chi connectivity index (χ0) is 27.6. The second-order valence-corrected chi connectivity index (χ2v) is 10.7. The van der Waals surface area contributed by atoms with Crippen molar-refractivity contribution >= 4 is 27.2 Å². The lowest BCUT2D eigenvalue weighted by molar-refractivity contribution is -0.133. The fraction of sp³-hybridized carbons (Fsp3) is 0.524. The van der Waals surface area contributed by atoms with E-state index in [1.807, 2.05) is 0 Å². The topological polar surface area (TPSA) is 145 Å². The summed E-state index contributed by atoms with van der Waals surface area (Å²) < 4.78 is 100. The first kappa shape index (κ1) is 28.7. The number of benzene rings is 1. The van der Waals surface area contributed by atoms with E-state index >= 15 is 0 Å². The highest BCUT2D eigenvalue weighted by Gasteiger charge is 2.46. The maximum atomic E-state index is 12.8. The Labute approximate surface area is 208 Å². The van der Waals surface area contributed by atoms with E-state index in [0.717, 1.165) is 24.3 Å². The molecule has 1 aliphatic rings. The third-order valence-electron chi connectivity index (χ3n) is 6.16. The Balaban J connectivity index is 1.75. The first-order chi connectivity index (χ1) is 17.1. The third kappa shape index (κ3) is 6.93. The molecule has 16 heteroatoms. The Morgan fingerprint density at radius 3 is 2.30 bits per heavy atom. The Morgan fingerprint density at radius 1 is 1.11 bits per heavy atom. The Morgan fingerprint density at radius 2 is 1.76 bits per heavy atom. The molecule has 1 aromatic heterocycles. The van der Waals surface area contributed by atoms with Crippen LogP contribution >= 0.6 is 0 Å². The molecule has 1 heterocycles. The molecule has 0 radical (unpaired) electrons. The normalized spacial score (nSPS) is 21.1. The standard InChI is InChI=1S/C21H26F6N6O3S/c22-20(23,24)7-8-30-14-3-6-17(12(9-14)10-28)33-11-16(18(29)34)19(32-33)31-13-1-4-15(5-2-13)37(35,36)21(25,26)27/h1-2,4-5,11-12,14,17,30H,3,6-10,28H2,(H2,29,34)(H,31,32)/t12-,14+,17+/m1/s1. The summed E-state index contributed by atoms with van der Waals surface area (Å²) in [5, 5.41) is 10.0. The van der Waals surface area contributed by atoms with Crippen molar-refractivity contribution in [3.05, 3.63) is 36.0 Å². The number of carbonyl (C=O) groups is 1. The van der Waals surface area contributed by atoms with Crippen LogP contribution in [0.3, 0.4) is 0 Å². The molecule has 3 rings (SSSR count). The van der Waals surface area contributed by atoms with Crippen LogP contribution in [0.1, 0.15) is 42.1 Å². The molecule has 1 aliphatic carbocycles. The van der Waals surface area contributed by atoms with Crippen molar-refractivity contribution < 1.29 is 39.6 Å². The van der Waals surface area contributed by atoms with Crippen molar-refractivity contribution in [1.29, 1.82) is 0 Å². The van der Waals surface area contributed by atoms with E-state index in [1.165, 1.54) is 10.9 Å². The Kier molecular flexibility index (Phi) is 8.44. The van der Waals surface area contributed by atoms with Crippen LogP contribution in [0.25, 0.3) is 0 Å². The Bertz CT molecular complexity index is 1200. The van der Waals surface area contributed by atoms with Gasteiger partial charge < -0.3 is 22.1 Å². The molecule has 3 atom stereocenters. The molecule has 1 amide bonds. The summed E-state index contributed by atoms with van der Waals surface area (Å²) in [7, 11) is -5.52. The van der Waals surface area contributed by atoms with E-state index in [0.29, 0.717) is 19.3 Å². The van der Waals surface area contributed by atoms with E-state index in [1.54, 1.807) is 0 Å². The number of nitrogens with two attached hydrogens (primary N) is 2. The van der Waals surface area contributed by atoms with Crippen molar-refractivity contribution in [3.63, 3.8) is 0 Å². The van der Waals surface area contributed by atoms with Crippen molar-refractivity contribution in [2.75, 3.05) is 18.4 Å². The summed E-state index contributed by atoms with van der Waals surface area (Å²) in [4.78, 5) is 11.1. The number of carbonyl (C=O) groups excluding carboxylic acids is 1. The average Bonchev–Trinajstić information content (AvgIpc) is 3.21. The predicted octanol–water partition coefficient (Wildman–Crippen LogP) is 3.23. The van der Waals surface area contributed by atoms with Gasteiger partial charge in [0.15, 0.2) is 5.82 Å². The van der Waals surface area contributed by atoms with Gasteiger partial charge in [0, 0.05) is 24.5 Å². The number of aromatic nitrogens is 2. The van der Waals surface area contributed by atoms with Gasteiger partial charge in [-0.15, -0.1) is 0 Å². The molecular weight excluding hydrogens is 530 g/mol. The zero-order valence-corrected chi connectivity index (χ0v) is 20.1. The maximum absolute atomic E-state index is 12.8. The lowest BCUT2D eigenvalue weighted by Crippen LogP contribution is -2.42. The van der Waals surface area contributed by atoms with E-state index in [2.05, 4.69) is 15.7 Å². The molecule has 37 heavy (non-hydrogen) atoms. The van der Waals surface area contributed by atoms with E-state index in [-0.39, 0.29) is 48.2 Å². The van der Waals surface area contributed by atoms with E-state index in [9.17, 15) is 39.6 Å². The minimum Gasteiger partial charge on any atom is -0.365 e. The average molecular weight is 557 g/mol. The number of anilines is 2. The minimum atomic E-state index is -5.52. The van der Waals surface area contributed by atoms with Crippen LogP contribution in [0, 0.1) is 5.92 Å². The highest BCUT2D eigenvalue weighted by Crippen LogP contribution is 2.35. The van der Waals surface area contributed by atoms with Gasteiger partial charge in [0.25, 0.3) is 15.7 Å². The van der Waals surface area contributed by atoms with E-state index < -0.39 is 38.7 Å². The molecule has 0 aliphatic heterocycles. The van der Waals surface area contributed by atoms with Crippen molar-refractivity contribution in [2.45, 2.75) is 54.3 Å². The smallest absolute Gasteiger partial charge is 0.365 e. The largest absolute Gasteiger partial charge is 0.501 e. The summed E-state index contributed by atoms with van der Waals surface area (Å²) in [6.07, 6.45) is -2.26. The number of nitrogens with one attached hydrogen (secondary N) is 2. The molecule has 0 spiro atoms. The van der Waals surface area contributed by atoms with Crippen LogP contribution in [0.5, 0.6) is 0 Å². The molecule has 0 unspecified atom stereocenters. The van der Waals surface area contributed by atoms with Gasteiger partial charge in [-0.3, -0.25) is 9.48 Å². The summed E-state index contributed by atoms with van der Waals surface area (Å²) in [6, 6.07) is 3.26. The van der Waals surface area contributed by atoms with Gasteiger partial charge in [-0.2, -0.15) is 31.4 Å². The number of alkyl halides is 6. The van der Waals surface area contributed by atoms with Crippen LogP contribution in [-0.4, -0.2) is 54.9 Å². The number of primary amides is 1. The molecule has 1 aromatic carbocycles. The fourth-order valence-corrected chi connectivity index (χ4v) is 5.04. The summed E-state index contributed by atoms with van der Waals surface area (Å²) in [5.41, 5.74) is 6.05. The van der Waals surface area contributed by atoms with Gasteiger partial charge in [0.1, 0.15) is 5.56 Å². The molecule has 9 nitrogen and oxygen atoms in total. The highest BCUT2D eigenvalue weighted by molar-refractivity contribution is 7.92. The van der Waals surface area contributed by atoms with Gasteiger partial charge in [0.2, 0.25) is 0 Å². The summed E-state index contributed by atoms with van der Waals surface area (Å²) >= 11 is 0. The second kappa shape index (κ2) is 10.9. The number of halogens is 6. The van der Waals surface area contributed by atoms with Crippen LogP contribution < -0.4 is 22.1 Å². The number of hydrogen-bond donors (Lipinski definition) is 4. The van der Waals surface area contributed by atoms with Crippen LogP contribution in [0.15, 0.2) is 35.4 Å². The van der Waals surface area contributed by atoms with Gasteiger partial charge in [-0.25, -0.2) is 8.42 Å². The monoisotopic (exact) mass is 556 g/mol. The molecule has 2 aromatic rings. The van der Waals surface area contributed by atoms with Gasteiger partial charge in [-0.05, 0) is 56.0 Å². The second-order valence-electron chi connectivity index (χ2n) is 8.73. The zero-order valence-electron chi connectivity index (χ0n) is 19.3. The van der Waals surface area contributed by atoms with Gasteiger partial charge in [-0.1, -0.05) is 0 Å². The third-order valence-corrected chi connectivity index (χ3v) is 7.66. The lowest BCUT2D eigenvalue weighted by atomic mass is 9.81. The fourth-order valence-electron chi connectivity index (χ4n) is 4.27. The molecule has 0 bridgehead atoms. The van der Waals surface area contributed by atoms with Crippen LogP contribution in [-0.2, 0) is 9.84 Å². The minimum absolute atomic E-state index is 0.000116. The number of hydrogen-bond acceptors (Lipinski definition) is 7. The number of rotatable bonds is 9. The molecule has 1 saturated carbocycles.